The molecule has 1 aromatic carbocycles. The van der Waals surface area contributed by atoms with E-state index in [2.05, 4.69) is 5.32 Å². The molecule has 3 rings (SSSR count). The molecule has 0 aliphatic heterocycles. The molecule has 5 heteroatoms. The Morgan fingerprint density at radius 1 is 1.13 bits per heavy atom. The average molecular weight is 345 g/mol. The average Bonchev–Trinajstić information content (AvgIpc) is 3.25. The van der Waals surface area contributed by atoms with Crippen LogP contribution in [0.3, 0.4) is 0 Å². The van der Waals surface area contributed by atoms with Gasteiger partial charge in [0.2, 0.25) is 5.91 Å². The molecular weight excluding hydrogens is 329 g/mol. The van der Waals surface area contributed by atoms with Crippen LogP contribution in [0, 0.1) is 5.82 Å². The fourth-order valence-electron chi connectivity index (χ4n) is 2.40. The second-order valence-corrected chi connectivity index (χ2v) is 6.92. The molecule has 3 aromatic rings. The summed E-state index contributed by atoms with van der Waals surface area (Å²) in [6.45, 7) is 0. The van der Waals surface area contributed by atoms with Crippen LogP contribution >= 0.6 is 22.7 Å². The third-order valence-corrected chi connectivity index (χ3v) is 5.23. The highest BCUT2D eigenvalue weighted by Gasteiger charge is 2.18. The normalized spacial score (nSPS) is 12.0. The summed E-state index contributed by atoms with van der Waals surface area (Å²) in [7, 11) is 0. The fraction of sp³-hybridized carbons (Fsp3) is 0.167. The molecule has 0 saturated heterocycles. The lowest BCUT2D eigenvalue weighted by molar-refractivity contribution is -0.121. The van der Waals surface area contributed by atoms with E-state index < -0.39 is 0 Å². The number of thiophene rings is 2. The standard InChI is InChI=1S/C18H16FNOS2/c19-15-5-2-1-4-13(15)7-8-17(21)20-18(14-9-11-22-12-14)16-6-3-10-23-16/h1-6,9-12,18H,7-8H2,(H,20,21)/t18-/m1/s1. The molecule has 1 atom stereocenters. The van der Waals surface area contributed by atoms with Gasteiger partial charge in [0.1, 0.15) is 5.82 Å². The second kappa shape index (κ2) is 7.53. The van der Waals surface area contributed by atoms with Crippen LogP contribution in [0.4, 0.5) is 4.39 Å². The van der Waals surface area contributed by atoms with Crippen molar-refractivity contribution in [2.75, 3.05) is 0 Å². The summed E-state index contributed by atoms with van der Waals surface area (Å²) in [4.78, 5) is 13.4. The van der Waals surface area contributed by atoms with Crippen molar-refractivity contribution in [3.05, 3.63) is 80.4 Å². The third-order valence-electron chi connectivity index (χ3n) is 3.59. The second-order valence-electron chi connectivity index (χ2n) is 5.16. The van der Waals surface area contributed by atoms with Crippen molar-refractivity contribution in [1.82, 2.24) is 5.32 Å². The van der Waals surface area contributed by atoms with Gasteiger partial charge < -0.3 is 5.32 Å². The highest BCUT2D eigenvalue weighted by molar-refractivity contribution is 7.10. The molecule has 1 amide bonds. The van der Waals surface area contributed by atoms with E-state index in [1.165, 1.54) is 6.07 Å². The lowest BCUT2D eigenvalue weighted by Crippen LogP contribution is -2.28. The summed E-state index contributed by atoms with van der Waals surface area (Å²) in [5.41, 5.74) is 1.66. The number of benzene rings is 1. The minimum Gasteiger partial charge on any atom is -0.344 e. The minimum atomic E-state index is -0.257. The van der Waals surface area contributed by atoms with Gasteiger partial charge in [-0.1, -0.05) is 24.3 Å². The van der Waals surface area contributed by atoms with Gasteiger partial charge in [-0.25, -0.2) is 4.39 Å². The Labute approximate surface area is 142 Å². The SMILES string of the molecule is O=C(CCc1ccccc1F)N[C@H](c1ccsc1)c1cccs1. The predicted molar refractivity (Wildman–Crippen MR) is 93.3 cm³/mol. The van der Waals surface area contributed by atoms with Crippen molar-refractivity contribution in [2.24, 2.45) is 0 Å². The molecule has 0 bridgehead atoms. The van der Waals surface area contributed by atoms with Crippen molar-refractivity contribution < 1.29 is 9.18 Å². The van der Waals surface area contributed by atoms with Crippen LogP contribution in [-0.4, -0.2) is 5.91 Å². The number of hydrogen-bond donors (Lipinski definition) is 1. The van der Waals surface area contributed by atoms with Gasteiger partial charge in [0.05, 0.1) is 6.04 Å². The molecule has 0 spiro atoms. The first-order valence-corrected chi connectivity index (χ1v) is 9.14. The maximum Gasteiger partial charge on any atom is 0.221 e. The van der Waals surface area contributed by atoms with Gasteiger partial charge in [0.15, 0.2) is 0 Å². The summed E-state index contributed by atoms with van der Waals surface area (Å²) in [6, 6.07) is 12.5. The van der Waals surface area contributed by atoms with Crippen molar-refractivity contribution in [2.45, 2.75) is 18.9 Å². The van der Waals surface area contributed by atoms with Crippen LogP contribution in [-0.2, 0) is 11.2 Å². The van der Waals surface area contributed by atoms with Crippen LogP contribution in [0.15, 0.2) is 58.6 Å². The maximum absolute atomic E-state index is 13.6. The summed E-state index contributed by atoms with van der Waals surface area (Å²) in [5.74, 6) is -0.328. The number of halogens is 1. The van der Waals surface area contributed by atoms with Gasteiger partial charge in [-0.2, -0.15) is 11.3 Å². The van der Waals surface area contributed by atoms with Crippen molar-refractivity contribution in [3.63, 3.8) is 0 Å². The van der Waals surface area contributed by atoms with Gasteiger partial charge in [-0.15, -0.1) is 11.3 Å². The summed E-state index contributed by atoms with van der Waals surface area (Å²) < 4.78 is 13.6. The minimum absolute atomic E-state index is 0.0714. The molecule has 0 saturated carbocycles. The number of rotatable bonds is 6. The number of carbonyl (C=O) groups excluding carboxylic acids is 1. The van der Waals surface area contributed by atoms with Gasteiger partial charge in [0, 0.05) is 11.3 Å². The lowest BCUT2D eigenvalue weighted by atomic mass is 10.1. The molecule has 23 heavy (non-hydrogen) atoms. The van der Waals surface area contributed by atoms with Gasteiger partial charge in [-0.05, 0) is 51.9 Å². The molecule has 1 N–H and O–H groups in total. The van der Waals surface area contributed by atoms with Gasteiger partial charge >= 0.3 is 0 Å². The van der Waals surface area contributed by atoms with Crippen LogP contribution < -0.4 is 5.32 Å². The molecule has 0 fully saturated rings. The zero-order valence-electron chi connectivity index (χ0n) is 12.4. The summed E-state index contributed by atoms with van der Waals surface area (Å²) in [5, 5.41) is 9.11. The Morgan fingerprint density at radius 2 is 2.00 bits per heavy atom. The third kappa shape index (κ3) is 4.06. The Morgan fingerprint density at radius 3 is 2.70 bits per heavy atom. The molecule has 0 radical (unpaired) electrons. The highest BCUT2D eigenvalue weighted by atomic mass is 32.1. The Balaban J connectivity index is 1.66. The van der Waals surface area contributed by atoms with E-state index in [9.17, 15) is 9.18 Å². The first-order chi connectivity index (χ1) is 11.2. The van der Waals surface area contributed by atoms with Crippen LogP contribution in [0.5, 0.6) is 0 Å². The highest BCUT2D eigenvalue weighted by Crippen LogP contribution is 2.27. The number of hydrogen-bond acceptors (Lipinski definition) is 3. The van der Waals surface area contributed by atoms with Crippen molar-refractivity contribution >= 4 is 28.6 Å². The smallest absolute Gasteiger partial charge is 0.221 e. The molecule has 2 aromatic heterocycles. The first kappa shape index (κ1) is 15.9. The topological polar surface area (TPSA) is 29.1 Å². The van der Waals surface area contributed by atoms with E-state index >= 15 is 0 Å². The molecule has 0 unspecified atom stereocenters. The monoisotopic (exact) mass is 345 g/mol. The Bertz CT molecular complexity index is 719. The maximum atomic E-state index is 13.6. The lowest BCUT2D eigenvalue weighted by Gasteiger charge is -2.16. The summed E-state index contributed by atoms with van der Waals surface area (Å²) >= 11 is 3.23. The molecule has 2 heterocycles. The largest absolute Gasteiger partial charge is 0.344 e. The first-order valence-electron chi connectivity index (χ1n) is 7.32. The van der Waals surface area contributed by atoms with Crippen molar-refractivity contribution in [1.29, 1.82) is 0 Å². The molecular formula is C18H16FNOS2. The van der Waals surface area contributed by atoms with Gasteiger partial charge in [0.25, 0.3) is 0 Å². The fourth-order valence-corrected chi connectivity index (χ4v) is 3.88. The zero-order valence-corrected chi connectivity index (χ0v) is 14.0. The number of nitrogens with one attached hydrogen (secondary N) is 1. The van der Waals surface area contributed by atoms with Gasteiger partial charge in [-0.3, -0.25) is 4.79 Å². The molecule has 2 nitrogen and oxygen atoms in total. The van der Waals surface area contributed by atoms with Crippen LogP contribution in [0.1, 0.15) is 28.5 Å². The Hall–Kier alpha value is -1.98. The number of aryl methyl sites for hydroxylation is 1. The molecule has 118 valence electrons. The van der Waals surface area contributed by atoms with E-state index in [1.807, 2.05) is 34.3 Å². The molecule has 0 aliphatic carbocycles. The van der Waals surface area contributed by atoms with E-state index in [1.54, 1.807) is 40.9 Å². The van der Waals surface area contributed by atoms with E-state index in [-0.39, 0.29) is 24.2 Å². The van der Waals surface area contributed by atoms with Crippen LogP contribution in [0.25, 0.3) is 0 Å². The quantitative estimate of drug-likeness (QED) is 0.684. The number of carbonyl (C=O) groups is 1. The van der Waals surface area contributed by atoms with E-state index in [0.717, 1.165) is 10.4 Å². The van der Waals surface area contributed by atoms with E-state index in [4.69, 9.17) is 0 Å². The van der Waals surface area contributed by atoms with E-state index in [0.29, 0.717) is 12.0 Å². The predicted octanol–water partition coefficient (Wildman–Crippen LogP) is 4.79. The Kier molecular flexibility index (Phi) is 5.20. The summed E-state index contributed by atoms with van der Waals surface area (Å²) in [6.07, 6.45) is 0.673. The number of amides is 1. The van der Waals surface area contributed by atoms with Crippen molar-refractivity contribution in [3.8, 4) is 0 Å². The zero-order chi connectivity index (χ0) is 16.1. The van der Waals surface area contributed by atoms with Crippen LogP contribution in [0.2, 0.25) is 0 Å². The molecule has 0 aliphatic rings.